The van der Waals surface area contributed by atoms with Crippen molar-refractivity contribution in [2.24, 2.45) is 0 Å². The lowest BCUT2D eigenvalue weighted by Crippen LogP contribution is -2.48. The molecule has 2 aromatic carbocycles. The molecule has 1 aliphatic heterocycles. The molecule has 8 nitrogen and oxygen atoms in total. The van der Waals surface area contributed by atoms with Crippen LogP contribution in [0.4, 0.5) is 5.69 Å². The number of piperazine rings is 1. The number of aromatic nitrogens is 2. The zero-order valence-electron chi connectivity index (χ0n) is 19.1. The van der Waals surface area contributed by atoms with E-state index < -0.39 is 0 Å². The fourth-order valence-electron chi connectivity index (χ4n) is 4.01. The van der Waals surface area contributed by atoms with Gasteiger partial charge in [-0.3, -0.25) is 14.5 Å². The number of aryl methyl sites for hydroxylation is 1. The van der Waals surface area contributed by atoms with E-state index in [1.807, 2.05) is 33.9 Å². The van der Waals surface area contributed by atoms with Crippen molar-refractivity contribution in [3.63, 3.8) is 0 Å². The smallest absolute Gasteiger partial charge is 0.254 e. The Hall–Kier alpha value is -3.36. The number of hydrogen-bond acceptors (Lipinski definition) is 5. The van der Waals surface area contributed by atoms with Gasteiger partial charge in [0.1, 0.15) is 5.75 Å². The Balaban J connectivity index is 1.30. The summed E-state index contributed by atoms with van der Waals surface area (Å²) in [5, 5.41) is 3.56. The van der Waals surface area contributed by atoms with Crippen LogP contribution in [0, 0.1) is 0 Å². The molecule has 0 radical (unpaired) electrons. The summed E-state index contributed by atoms with van der Waals surface area (Å²) in [7, 11) is 1.65. The molecule has 2 heterocycles. The van der Waals surface area contributed by atoms with Gasteiger partial charge in [0.15, 0.2) is 0 Å². The van der Waals surface area contributed by atoms with Crippen LogP contribution < -0.4 is 10.1 Å². The highest BCUT2D eigenvalue weighted by molar-refractivity contribution is 6.30. The predicted octanol–water partition coefficient (Wildman–Crippen LogP) is 3.53. The summed E-state index contributed by atoms with van der Waals surface area (Å²) in [6.07, 6.45) is 5.50. The topological polar surface area (TPSA) is 79.7 Å². The first kappa shape index (κ1) is 23.8. The molecule has 0 unspecified atom stereocenters. The Morgan fingerprint density at radius 1 is 1.12 bits per heavy atom. The van der Waals surface area contributed by atoms with E-state index in [2.05, 4.69) is 15.2 Å². The number of halogens is 1. The minimum absolute atomic E-state index is 0.0329. The third-order valence-corrected chi connectivity index (χ3v) is 6.08. The lowest BCUT2D eigenvalue weighted by Gasteiger charge is -2.35. The van der Waals surface area contributed by atoms with E-state index in [1.54, 1.807) is 43.9 Å². The molecule has 1 saturated heterocycles. The predicted molar refractivity (Wildman–Crippen MR) is 131 cm³/mol. The van der Waals surface area contributed by atoms with Crippen LogP contribution in [-0.4, -0.2) is 64.5 Å². The van der Waals surface area contributed by atoms with Gasteiger partial charge in [-0.2, -0.15) is 0 Å². The molecule has 34 heavy (non-hydrogen) atoms. The highest BCUT2D eigenvalue weighted by Gasteiger charge is 2.23. The maximum absolute atomic E-state index is 13.1. The van der Waals surface area contributed by atoms with Gasteiger partial charge in [-0.25, -0.2) is 4.98 Å². The molecule has 1 aliphatic rings. The Kier molecular flexibility index (Phi) is 7.82. The highest BCUT2D eigenvalue weighted by Crippen LogP contribution is 2.24. The number of rotatable bonds is 8. The number of imidazole rings is 1. The van der Waals surface area contributed by atoms with E-state index >= 15 is 0 Å². The number of benzene rings is 2. The molecule has 1 N–H and O–H groups in total. The number of amides is 2. The zero-order valence-corrected chi connectivity index (χ0v) is 19.9. The molecule has 178 valence electrons. The number of nitrogens with one attached hydrogen (secondary N) is 1. The molecule has 9 heteroatoms. The van der Waals surface area contributed by atoms with Crippen LogP contribution in [0.15, 0.2) is 61.2 Å². The molecule has 0 bridgehead atoms. The second kappa shape index (κ2) is 11.2. The number of carbonyl (C=O) groups is 2. The fourth-order valence-corrected chi connectivity index (χ4v) is 4.20. The molecular formula is C25H28ClN5O3. The van der Waals surface area contributed by atoms with Crippen molar-refractivity contribution in [3.8, 4) is 5.75 Å². The number of carbonyl (C=O) groups excluding carboxylic acids is 2. The number of methoxy groups -OCH3 is 1. The number of nitrogens with zero attached hydrogens (tertiary/aromatic N) is 4. The number of ether oxygens (including phenoxy) is 1. The molecular weight excluding hydrogens is 454 g/mol. The van der Waals surface area contributed by atoms with Gasteiger partial charge in [0.05, 0.1) is 13.4 Å². The van der Waals surface area contributed by atoms with E-state index in [1.165, 1.54) is 0 Å². The van der Waals surface area contributed by atoms with E-state index in [4.69, 9.17) is 16.3 Å². The average molecular weight is 482 g/mol. The average Bonchev–Trinajstić information content (AvgIpc) is 3.37. The number of hydrogen-bond donors (Lipinski definition) is 1. The Labute approximate surface area is 204 Å². The Morgan fingerprint density at radius 3 is 2.68 bits per heavy atom. The van der Waals surface area contributed by atoms with Crippen LogP contribution >= 0.6 is 11.6 Å². The van der Waals surface area contributed by atoms with Crippen LogP contribution in [0.2, 0.25) is 5.02 Å². The minimum Gasteiger partial charge on any atom is -0.496 e. The van der Waals surface area contributed by atoms with Gasteiger partial charge in [-0.15, -0.1) is 0 Å². The second-order valence-corrected chi connectivity index (χ2v) is 8.64. The molecule has 2 amide bonds. The van der Waals surface area contributed by atoms with Crippen LogP contribution in [0.25, 0.3) is 0 Å². The van der Waals surface area contributed by atoms with Gasteiger partial charge in [-0.1, -0.05) is 17.7 Å². The maximum atomic E-state index is 13.1. The minimum atomic E-state index is -0.108. The molecule has 0 spiro atoms. The van der Waals surface area contributed by atoms with Gasteiger partial charge >= 0.3 is 0 Å². The number of anilines is 1. The van der Waals surface area contributed by atoms with Gasteiger partial charge in [0.25, 0.3) is 5.91 Å². The van der Waals surface area contributed by atoms with Crippen molar-refractivity contribution in [2.45, 2.75) is 19.5 Å². The maximum Gasteiger partial charge on any atom is 0.254 e. The van der Waals surface area contributed by atoms with E-state index in [0.717, 1.165) is 24.4 Å². The van der Waals surface area contributed by atoms with Crippen molar-refractivity contribution >= 4 is 29.1 Å². The van der Waals surface area contributed by atoms with Gasteiger partial charge in [-0.05, 0) is 36.4 Å². The van der Waals surface area contributed by atoms with Crippen molar-refractivity contribution in [1.29, 1.82) is 0 Å². The monoisotopic (exact) mass is 481 g/mol. The molecule has 3 aromatic rings. The first-order valence-corrected chi connectivity index (χ1v) is 11.6. The van der Waals surface area contributed by atoms with Crippen LogP contribution in [0.1, 0.15) is 22.3 Å². The van der Waals surface area contributed by atoms with Crippen molar-refractivity contribution in [3.05, 3.63) is 77.3 Å². The summed E-state index contributed by atoms with van der Waals surface area (Å²) >= 11 is 6.15. The van der Waals surface area contributed by atoms with E-state index in [0.29, 0.717) is 48.9 Å². The van der Waals surface area contributed by atoms with Crippen LogP contribution in [-0.2, 0) is 17.9 Å². The summed E-state index contributed by atoms with van der Waals surface area (Å²) in [6, 6.07) is 12.7. The lowest BCUT2D eigenvalue weighted by atomic mass is 10.1. The first-order valence-electron chi connectivity index (χ1n) is 11.2. The highest BCUT2D eigenvalue weighted by atomic mass is 35.5. The van der Waals surface area contributed by atoms with E-state index in [9.17, 15) is 9.59 Å². The summed E-state index contributed by atoms with van der Waals surface area (Å²) < 4.78 is 7.30. The molecule has 4 rings (SSSR count). The van der Waals surface area contributed by atoms with Gasteiger partial charge in [0, 0.05) is 79.9 Å². The summed E-state index contributed by atoms with van der Waals surface area (Å²) in [4.78, 5) is 33.5. The normalized spacial score (nSPS) is 14.1. The van der Waals surface area contributed by atoms with Crippen molar-refractivity contribution in [2.75, 3.05) is 38.6 Å². The fraction of sp³-hybridized carbons (Fsp3) is 0.320. The zero-order chi connectivity index (χ0) is 23.9. The molecule has 1 fully saturated rings. The molecule has 0 saturated carbocycles. The van der Waals surface area contributed by atoms with Crippen LogP contribution in [0.3, 0.4) is 0 Å². The SMILES string of the molecule is COc1ccc(Cl)cc1CN1CCN(C(=O)c2cccc(NC(=O)CCn3ccnc3)c2)CC1. The molecule has 1 aromatic heterocycles. The van der Waals surface area contributed by atoms with Gasteiger partial charge < -0.3 is 19.5 Å². The molecule has 0 aliphatic carbocycles. The standard InChI is InChI=1S/C25H28ClN5O3/c1-34-23-6-5-21(26)15-20(23)17-29-11-13-31(14-12-29)25(33)19-3-2-4-22(16-19)28-24(32)7-9-30-10-8-27-18-30/h2-6,8,10,15-16,18H,7,9,11-14,17H2,1H3,(H,28,32). The third kappa shape index (κ3) is 6.15. The lowest BCUT2D eigenvalue weighted by molar-refractivity contribution is -0.116. The third-order valence-electron chi connectivity index (χ3n) is 5.85. The van der Waals surface area contributed by atoms with Gasteiger partial charge in [0.2, 0.25) is 5.91 Å². The summed E-state index contributed by atoms with van der Waals surface area (Å²) in [5.41, 5.74) is 2.22. The van der Waals surface area contributed by atoms with Crippen molar-refractivity contribution in [1.82, 2.24) is 19.4 Å². The first-order chi connectivity index (χ1) is 16.5. The Bertz CT molecular complexity index is 1130. The quantitative estimate of drug-likeness (QED) is 0.532. The van der Waals surface area contributed by atoms with Crippen molar-refractivity contribution < 1.29 is 14.3 Å². The van der Waals surface area contributed by atoms with Crippen LogP contribution in [0.5, 0.6) is 5.75 Å². The molecule has 0 atom stereocenters. The van der Waals surface area contributed by atoms with E-state index in [-0.39, 0.29) is 11.8 Å². The summed E-state index contributed by atoms with van der Waals surface area (Å²) in [6.45, 7) is 4.03. The Morgan fingerprint density at radius 2 is 1.94 bits per heavy atom. The second-order valence-electron chi connectivity index (χ2n) is 8.20. The summed E-state index contributed by atoms with van der Waals surface area (Å²) in [5.74, 6) is 0.671. The largest absolute Gasteiger partial charge is 0.496 e.